The van der Waals surface area contributed by atoms with Crippen LogP contribution in [0.1, 0.15) is 85.0 Å². The van der Waals surface area contributed by atoms with Gasteiger partial charge in [-0.3, -0.25) is 0 Å². The third-order valence-corrected chi connectivity index (χ3v) is 4.88. The van der Waals surface area contributed by atoms with Gasteiger partial charge in [0.1, 0.15) is 0 Å². The van der Waals surface area contributed by atoms with E-state index in [9.17, 15) is 5.11 Å². The Kier molecular flexibility index (Phi) is 8.01. The SMILES string of the molecule is CCCCCCC(C)NCC1(O)CCC(CC)CC1. The summed E-state index contributed by atoms with van der Waals surface area (Å²) in [5, 5.41) is 14.1. The molecule has 0 aromatic rings. The highest BCUT2D eigenvalue weighted by Gasteiger charge is 2.32. The molecule has 1 atom stereocenters. The fourth-order valence-electron chi connectivity index (χ4n) is 3.14. The fraction of sp³-hybridized carbons (Fsp3) is 1.00. The molecule has 0 aromatic heterocycles. The Morgan fingerprint density at radius 2 is 1.84 bits per heavy atom. The lowest BCUT2D eigenvalue weighted by molar-refractivity contribution is -0.0105. The maximum absolute atomic E-state index is 10.6. The summed E-state index contributed by atoms with van der Waals surface area (Å²) in [7, 11) is 0. The van der Waals surface area contributed by atoms with Crippen molar-refractivity contribution < 1.29 is 5.11 Å². The summed E-state index contributed by atoms with van der Waals surface area (Å²) in [6.45, 7) is 7.57. The van der Waals surface area contributed by atoms with E-state index in [4.69, 9.17) is 0 Å². The van der Waals surface area contributed by atoms with Crippen LogP contribution in [-0.2, 0) is 0 Å². The third kappa shape index (κ3) is 6.76. The van der Waals surface area contributed by atoms with Crippen molar-refractivity contribution in [1.82, 2.24) is 5.32 Å². The molecule has 1 saturated carbocycles. The molecule has 0 radical (unpaired) electrons. The van der Waals surface area contributed by atoms with Gasteiger partial charge in [-0.05, 0) is 44.9 Å². The van der Waals surface area contributed by atoms with Crippen molar-refractivity contribution in [3.05, 3.63) is 0 Å². The number of hydrogen-bond donors (Lipinski definition) is 2. The van der Waals surface area contributed by atoms with Gasteiger partial charge in [0, 0.05) is 12.6 Å². The molecule has 0 spiro atoms. The second-order valence-corrected chi connectivity index (χ2v) is 6.71. The van der Waals surface area contributed by atoms with Gasteiger partial charge in [-0.15, -0.1) is 0 Å². The van der Waals surface area contributed by atoms with E-state index >= 15 is 0 Å². The Labute approximate surface area is 120 Å². The Bertz CT molecular complexity index is 221. The Morgan fingerprint density at radius 1 is 1.16 bits per heavy atom. The molecule has 0 amide bonds. The first-order chi connectivity index (χ1) is 9.09. The molecule has 19 heavy (non-hydrogen) atoms. The van der Waals surface area contributed by atoms with Gasteiger partial charge >= 0.3 is 0 Å². The van der Waals surface area contributed by atoms with Gasteiger partial charge in [0.2, 0.25) is 0 Å². The van der Waals surface area contributed by atoms with Gasteiger partial charge in [0.05, 0.1) is 5.60 Å². The number of nitrogens with one attached hydrogen (secondary N) is 1. The molecule has 0 aliphatic heterocycles. The van der Waals surface area contributed by atoms with E-state index < -0.39 is 5.60 Å². The lowest BCUT2D eigenvalue weighted by atomic mass is 9.78. The summed E-state index contributed by atoms with van der Waals surface area (Å²) in [6.07, 6.45) is 12.2. The van der Waals surface area contributed by atoms with Crippen molar-refractivity contribution in [1.29, 1.82) is 0 Å². The van der Waals surface area contributed by atoms with Crippen LogP contribution in [0.4, 0.5) is 0 Å². The second kappa shape index (κ2) is 8.97. The molecule has 0 bridgehead atoms. The molecule has 0 heterocycles. The van der Waals surface area contributed by atoms with Gasteiger partial charge < -0.3 is 10.4 Å². The lowest BCUT2D eigenvalue weighted by Crippen LogP contribution is -2.46. The van der Waals surface area contributed by atoms with Crippen molar-refractivity contribution in [3.8, 4) is 0 Å². The molecule has 2 nitrogen and oxygen atoms in total. The number of unbranched alkanes of at least 4 members (excludes halogenated alkanes) is 3. The first kappa shape index (κ1) is 17.0. The van der Waals surface area contributed by atoms with Crippen molar-refractivity contribution in [2.24, 2.45) is 5.92 Å². The molecule has 0 aromatic carbocycles. The predicted molar refractivity (Wildman–Crippen MR) is 83.4 cm³/mol. The summed E-state index contributed by atoms with van der Waals surface area (Å²) < 4.78 is 0. The van der Waals surface area contributed by atoms with Crippen LogP contribution < -0.4 is 5.32 Å². The topological polar surface area (TPSA) is 32.3 Å². The largest absolute Gasteiger partial charge is 0.389 e. The Balaban J connectivity index is 2.13. The molecular formula is C17H35NO. The Hall–Kier alpha value is -0.0800. The van der Waals surface area contributed by atoms with Gasteiger partial charge in [-0.25, -0.2) is 0 Å². The van der Waals surface area contributed by atoms with Gasteiger partial charge in [0.25, 0.3) is 0 Å². The number of rotatable bonds is 9. The van der Waals surface area contributed by atoms with Crippen LogP contribution in [0.15, 0.2) is 0 Å². The van der Waals surface area contributed by atoms with Crippen LogP contribution in [0.2, 0.25) is 0 Å². The van der Waals surface area contributed by atoms with Crippen LogP contribution >= 0.6 is 0 Å². The highest BCUT2D eigenvalue weighted by molar-refractivity contribution is 4.87. The molecule has 1 rings (SSSR count). The van der Waals surface area contributed by atoms with Crippen LogP contribution in [-0.4, -0.2) is 23.3 Å². The van der Waals surface area contributed by atoms with E-state index in [-0.39, 0.29) is 0 Å². The normalized spacial score (nSPS) is 29.4. The van der Waals surface area contributed by atoms with E-state index in [1.165, 1.54) is 51.4 Å². The monoisotopic (exact) mass is 269 g/mol. The molecule has 1 aliphatic rings. The molecule has 1 fully saturated rings. The summed E-state index contributed by atoms with van der Waals surface area (Å²) >= 11 is 0. The zero-order chi connectivity index (χ0) is 14.1. The van der Waals surface area contributed by atoms with Crippen molar-refractivity contribution >= 4 is 0 Å². The van der Waals surface area contributed by atoms with Crippen LogP contribution in [0, 0.1) is 5.92 Å². The minimum Gasteiger partial charge on any atom is -0.389 e. The van der Waals surface area contributed by atoms with Crippen LogP contribution in [0.5, 0.6) is 0 Å². The van der Waals surface area contributed by atoms with Crippen LogP contribution in [0.3, 0.4) is 0 Å². The zero-order valence-electron chi connectivity index (χ0n) is 13.4. The summed E-state index contributed by atoms with van der Waals surface area (Å²) in [5.74, 6) is 0.853. The quantitative estimate of drug-likeness (QED) is 0.613. The van der Waals surface area contributed by atoms with Gasteiger partial charge in [-0.1, -0.05) is 46.0 Å². The van der Waals surface area contributed by atoms with Crippen LogP contribution in [0.25, 0.3) is 0 Å². The summed E-state index contributed by atoms with van der Waals surface area (Å²) in [4.78, 5) is 0. The highest BCUT2D eigenvalue weighted by Crippen LogP contribution is 2.33. The molecule has 0 saturated heterocycles. The first-order valence-corrected chi connectivity index (χ1v) is 8.55. The average molecular weight is 269 g/mol. The summed E-state index contributed by atoms with van der Waals surface area (Å²) in [5.41, 5.74) is -0.427. The molecular weight excluding hydrogens is 234 g/mol. The maximum atomic E-state index is 10.6. The first-order valence-electron chi connectivity index (χ1n) is 8.55. The predicted octanol–water partition coefficient (Wildman–Crippen LogP) is 4.27. The maximum Gasteiger partial charge on any atom is 0.0771 e. The second-order valence-electron chi connectivity index (χ2n) is 6.71. The van der Waals surface area contributed by atoms with Gasteiger partial charge in [-0.2, -0.15) is 0 Å². The van der Waals surface area contributed by atoms with Crippen molar-refractivity contribution in [3.63, 3.8) is 0 Å². The summed E-state index contributed by atoms with van der Waals surface area (Å²) in [6, 6.07) is 0.546. The number of hydrogen-bond acceptors (Lipinski definition) is 2. The van der Waals surface area contributed by atoms with E-state index in [1.54, 1.807) is 0 Å². The molecule has 1 aliphatic carbocycles. The molecule has 1 unspecified atom stereocenters. The standard InChI is InChI=1S/C17H35NO/c1-4-6-7-8-9-15(3)18-14-17(19)12-10-16(5-2)11-13-17/h15-16,18-19H,4-14H2,1-3H3. The zero-order valence-corrected chi connectivity index (χ0v) is 13.4. The highest BCUT2D eigenvalue weighted by atomic mass is 16.3. The van der Waals surface area contributed by atoms with E-state index in [1.807, 2.05) is 0 Å². The minimum atomic E-state index is -0.427. The third-order valence-electron chi connectivity index (χ3n) is 4.88. The van der Waals surface area contributed by atoms with E-state index in [2.05, 4.69) is 26.1 Å². The molecule has 2 heteroatoms. The molecule has 114 valence electrons. The van der Waals surface area contributed by atoms with E-state index in [0.29, 0.717) is 6.04 Å². The smallest absolute Gasteiger partial charge is 0.0771 e. The molecule has 2 N–H and O–H groups in total. The average Bonchev–Trinajstić information content (AvgIpc) is 2.42. The number of aliphatic hydroxyl groups is 1. The fourth-order valence-corrected chi connectivity index (χ4v) is 3.14. The van der Waals surface area contributed by atoms with E-state index in [0.717, 1.165) is 25.3 Å². The minimum absolute atomic E-state index is 0.427. The lowest BCUT2D eigenvalue weighted by Gasteiger charge is -2.36. The van der Waals surface area contributed by atoms with Gasteiger partial charge in [0.15, 0.2) is 0 Å². The Morgan fingerprint density at radius 3 is 2.42 bits per heavy atom. The van der Waals surface area contributed by atoms with Crippen molar-refractivity contribution in [2.45, 2.75) is 96.6 Å². The van der Waals surface area contributed by atoms with Crippen molar-refractivity contribution in [2.75, 3.05) is 6.54 Å².